The average molecular weight is 684 g/mol. The highest BCUT2D eigenvalue weighted by molar-refractivity contribution is 5.90. The quantitative estimate of drug-likeness (QED) is 0.180. The molecule has 0 amide bonds. The van der Waals surface area contributed by atoms with Crippen molar-refractivity contribution in [3.05, 3.63) is 187 Å². The van der Waals surface area contributed by atoms with Gasteiger partial charge in [-0.1, -0.05) is 109 Å². The smallest absolute Gasteiger partial charge is 0.164 e. The van der Waals surface area contributed by atoms with E-state index in [4.69, 9.17) is 19.7 Å². The fourth-order valence-electron chi connectivity index (χ4n) is 7.42. The number of hydrogen-bond donors (Lipinski definition) is 0. The molecule has 0 saturated carbocycles. The van der Waals surface area contributed by atoms with Gasteiger partial charge in [0, 0.05) is 39.8 Å². The van der Waals surface area contributed by atoms with Crippen molar-refractivity contribution in [1.82, 2.24) is 15.0 Å². The third kappa shape index (κ3) is 5.58. The zero-order valence-electron chi connectivity index (χ0n) is 28.8. The lowest BCUT2D eigenvalue weighted by Crippen LogP contribution is -2.17. The highest BCUT2D eigenvalue weighted by Crippen LogP contribution is 2.53. The zero-order chi connectivity index (χ0) is 35.1. The molecule has 0 fully saturated rings. The minimum Gasteiger partial charge on any atom is -0.453 e. The van der Waals surface area contributed by atoms with Gasteiger partial charge in [0.15, 0.2) is 29.0 Å². The van der Waals surface area contributed by atoms with Crippen LogP contribution in [0.2, 0.25) is 0 Å². The topological polar surface area (TPSA) is 54.4 Å². The summed E-state index contributed by atoms with van der Waals surface area (Å²) in [5.74, 6) is 3.49. The number of anilines is 6. The number of rotatable bonds is 5. The summed E-state index contributed by atoms with van der Waals surface area (Å²) in [5, 5.41) is 0. The summed E-state index contributed by atoms with van der Waals surface area (Å²) in [4.78, 5) is 19.4. The van der Waals surface area contributed by atoms with E-state index in [2.05, 4.69) is 113 Å². The van der Waals surface area contributed by atoms with E-state index < -0.39 is 0 Å². The Morgan fingerprint density at radius 3 is 1.38 bits per heavy atom. The van der Waals surface area contributed by atoms with E-state index in [-0.39, 0.29) is 0 Å². The van der Waals surface area contributed by atoms with Crippen LogP contribution in [-0.4, -0.2) is 15.0 Å². The first-order chi connectivity index (χ1) is 26.3. The minimum atomic E-state index is 0.620. The molecule has 2 aliphatic rings. The van der Waals surface area contributed by atoms with Crippen molar-refractivity contribution in [3.8, 4) is 45.7 Å². The lowest BCUT2D eigenvalue weighted by molar-refractivity contribution is 0.477. The molecule has 10 rings (SSSR count). The van der Waals surface area contributed by atoms with Crippen molar-refractivity contribution in [2.75, 3.05) is 9.80 Å². The molecule has 6 nitrogen and oxygen atoms in total. The molecule has 2 aliphatic heterocycles. The van der Waals surface area contributed by atoms with Crippen LogP contribution in [0, 0.1) is 0 Å². The highest BCUT2D eigenvalue weighted by Gasteiger charge is 2.28. The van der Waals surface area contributed by atoms with Crippen molar-refractivity contribution in [3.63, 3.8) is 0 Å². The average Bonchev–Trinajstić information content (AvgIpc) is 3.40. The fourth-order valence-corrected chi connectivity index (χ4v) is 7.42. The Hall–Kier alpha value is -7.05. The predicted octanol–water partition coefficient (Wildman–Crippen LogP) is 12.0. The first kappa shape index (κ1) is 30.7. The number of para-hydroxylation sites is 4. The van der Waals surface area contributed by atoms with Gasteiger partial charge in [0.05, 0.1) is 17.1 Å². The summed E-state index contributed by atoms with van der Waals surface area (Å²) in [6.45, 7) is 0. The molecule has 0 bridgehead atoms. The molecule has 0 saturated heterocycles. The largest absolute Gasteiger partial charge is 0.453 e. The molecule has 0 radical (unpaired) electrons. The van der Waals surface area contributed by atoms with E-state index in [1.165, 1.54) is 22.5 Å². The van der Waals surface area contributed by atoms with Crippen molar-refractivity contribution < 1.29 is 4.74 Å². The Balaban J connectivity index is 1.06. The van der Waals surface area contributed by atoms with E-state index in [1.54, 1.807) is 0 Å². The molecule has 6 heteroatoms. The fraction of sp³-hybridized carbons (Fsp3) is 0.0426. The van der Waals surface area contributed by atoms with Gasteiger partial charge < -0.3 is 14.5 Å². The number of ether oxygens (including phenoxy) is 1. The predicted molar refractivity (Wildman–Crippen MR) is 213 cm³/mol. The molecule has 0 unspecified atom stereocenters. The molecule has 7 aromatic carbocycles. The molecule has 0 atom stereocenters. The molecule has 0 spiro atoms. The van der Waals surface area contributed by atoms with Crippen LogP contribution in [0.4, 0.5) is 34.1 Å². The summed E-state index contributed by atoms with van der Waals surface area (Å²) in [5.41, 5.74) is 11.9. The molecule has 0 aliphatic carbocycles. The SMILES string of the molecule is c1ccc(-c2nc(-c3ccccc3)nc(-c3ccc(N4c5ccccc5Oc5cc(N6c7ccccc7CCc7ccccc76)ccc54)cc3)n2)cc1. The van der Waals surface area contributed by atoms with Gasteiger partial charge in [-0.05, 0) is 84.6 Å². The molecular weight excluding hydrogens is 651 g/mol. The summed E-state index contributed by atoms with van der Waals surface area (Å²) >= 11 is 0. The zero-order valence-corrected chi connectivity index (χ0v) is 28.8. The van der Waals surface area contributed by atoms with Gasteiger partial charge in [0.2, 0.25) is 0 Å². The number of fused-ring (bicyclic) bond motifs is 4. The van der Waals surface area contributed by atoms with Crippen molar-refractivity contribution in [2.24, 2.45) is 0 Å². The van der Waals surface area contributed by atoms with Gasteiger partial charge in [-0.2, -0.15) is 0 Å². The Labute approximate surface area is 308 Å². The van der Waals surface area contributed by atoms with Crippen molar-refractivity contribution in [1.29, 1.82) is 0 Å². The first-order valence-electron chi connectivity index (χ1n) is 17.9. The Morgan fingerprint density at radius 2 is 0.792 bits per heavy atom. The maximum atomic E-state index is 6.68. The Morgan fingerprint density at radius 1 is 0.358 bits per heavy atom. The van der Waals surface area contributed by atoms with E-state index in [9.17, 15) is 0 Å². The van der Waals surface area contributed by atoms with Crippen LogP contribution in [0.3, 0.4) is 0 Å². The normalized spacial score (nSPS) is 12.8. The highest BCUT2D eigenvalue weighted by atomic mass is 16.5. The lowest BCUT2D eigenvalue weighted by Gasteiger charge is -2.34. The molecular formula is C47H33N5O. The monoisotopic (exact) mass is 683 g/mol. The van der Waals surface area contributed by atoms with E-state index >= 15 is 0 Å². The number of hydrogen-bond acceptors (Lipinski definition) is 6. The minimum absolute atomic E-state index is 0.620. The second-order valence-corrected chi connectivity index (χ2v) is 13.2. The summed E-state index contributed by atoms with van der Waals surface area (Å²) in [6.07, 6.45) is 1.99. The van der Waals surface area contributed by atoms with Crippen LogP contribution >= 0.6 is 0 Å². The molecule has 1 aromatic heterocycles. The van der Waals surface area contributed by atoms with Crippen LogP contribution in [0.1, 0.15) is 11.1 Å². The summed E-state index contributed by atoms with van der Waals surface area (Å²) in [7, 11) is 0. The first-order valence-corrected chi connectivity index (χ1v) is 17.9. The van der Waals surface area contributed by atoms with E-state index in [0.717, 1.165) is 63.8 Å². The van der Waals surface area contributed by atoms with Gasteiger partial charge in [0.25, 0.3) is 0 Å². The standard InChI is InChI=1S/C47H33N5O/c1-3-15-34(16-4-1)45-48-46(35-17-5-2-6-18-35)50-47(49-45)36-25-27-37(28-26-36)51-41-21-11-12-22-43(41)53-44-31-38(29-30-42(44)51)52-39-19-9-7-13-32(39)23-24-33-14-8-10-20-40(33)52/h1-22,25-31H,23-24H2. The third-order valence-corrected chi connectivity index (χ3v) is 9.98. The van der Waals surface area contributed by atoms with E-state index in [1.807, 2.05) is 72.8 Å². The number of aryl methyl sites for hydroxylation is 2. The molecule has 53 heavy (non-hydrogen) atoms. The summed E-state index contributed by atoms with van der Waals surface area (Å²) < 4.78 is 6.68. The van der Waals surface area contributed by atoms with Crippen LogP contribution in [-0.2, 0) is 12.8 Å². The number of benzene rings is 7. The molecule has 0 N–H and O–H groups in total. The maximum absolute atomic E-state index is 6.68. The van der Waals surface area contributed by atoms with Crippen molar-refractivity contribution in [2.45, 2.75) is 12.8 Å². The van der Waals surface area contributed by atoms with Crippen LogP contribution in [0.5, 0.6) is 11.5 Å². The third-order valence-electron chi connectivity index (χ3n) is 9.98. The maximum Gasteiger partial charge on any atom is 0.164 e. The van der Waals surface area contributed by atoms with E-state index in [0.29, 0.717) is 17.5 Å². The van der Waals surface area contributed by atoms with Gasteiger partial charge in [-0.3, -0.25) is 0 Å². The second-order valence-electron chi connectivity index (χ2n) is 13.2. The lowest BCUT2D eigenvalue weighted by atomic mass is 10.0. The number of aromatic nitrogens is 3. The van der Waals surface area contributed by atoms with Crippen LogP contribution in [0.15, 0.2) is 176 Å². The van der Waals surface area contributed by atoms with Crippen LogP contribution in [0.25, 0.3) is 34.2 Å². The molecule has 3 heterocycles. The molecule has 252 valence electrons. The number of nitrogens with zero attached hydrogens (tertiary/aromatic N) is 5. The molecule has 8 aromatic rings. The van der Waals surface area contributed by atoms with Crippen LogP contribution < -0.4 is 14.5 Å². The van der Waals surface area contributed by atoms with Crippen molar-refractivity contribution >= 4 is 34.1 Å². The second kappa shape index (κ2) is 12.9. The van der Waals surface area contributed by atoms with Gasteiger partial charge in [0.1, 0.15) is 0 Å². The Bertz CT molecular complexity index is 2500. The van der Waals surface area contributed by atoms with Gasteiger partial charge in [-0.15, -0.1) is 0 Å². The Kier molecular flexibility index (Phi) is 7.50. The van der Waals surface area contributed by atoms with Gasteiger partial charge in [-0.25, -0.2) is 15.0 Å². The summed E-state index contributed by atoms with van der Waals surface area (Å²) in [6, 6.07) is 60.8. The van der Waals surface area contributed by atoms with Gasteiger partial charge >= 0.3 is 0 Å².